The first-order valence-electron chi connectivity index (χ1n) is 9.46. The molecule has 4 rings (SSSR count). The van der Waals surface area contributed by atoms with E-state index in [2.05, 4.69) is 5.32 Å². The van der Waals surface area contributed by atoms with Crippen molar-refractivity contribution in [1.82, 2.24) is 0 Å². The molecule has 0 aliphatic carbocycles. The first-order chi connectivity index (χ1) is 14.0. The molecule has 29 heavy (non-hydrogen) atoms. The average molecular weight is 383 g/mol. The highest BCUT2D eigenvalue weighted by Crippen LogP contribution is 2.31. The van der Waals surface area contributed by atoms with Gasteiger partial charge in [-0.1, -0.05) is 60.2 Å². The Bertz CT molecular complexity index is 1280. The molecule has 0 unspecified atom stereocenters. The predicted molar refractivity (Wildman–Crippen MR) is 117 cm³/mol. The number of nitrogens with one attached hydrogen (secondary N) is 1. The van der Waals surface area contributed by atoms with E-state index in [4.69, 9.17) is 4.42 Å². The van der Waals surface area contributed by atoms with Crippen LogP contribution in [0.15, 0.2) is 75.9 Å². The van der Waals surface area contributed by atoms with Gasteiger partial charge in [-0.25, -0.2) is 4.79 Å². The molecule has 0 fully saturated rings. The van der Waals surface area contributed by atoms with Crippen molar-refractivity contribution in [3.63, 3.8) is 0 Å². The summed E-state index contributed by atoms with van der Waals surface area (Å²) in [6, 6.07) is 20.7. The summed E-state index contributed by atoms with van der Waals surface area (Å²) >= 11 is 0. The minimum atomic E-state index is -0.525. The Hall–Kier alpha value is -3.66. The number of carbonyl (C=O) groups is 1. The van der Waals surface area contributed by atoms with Crippen LogP contribution in [0.1, 0.15) is 27.2 Å². The van der Waals surface area contributed by atoms with Crippen molar-refractivity contribution in [2.75, 3.05) is 5.32 Å². The molecule has 144 valence electrons. The van der Waals surface area contributed by atoms with E-state index in [1.54, 1.807) is 12.1 Å². The van der Waals surface area contributed by atoms with Crippen molar-refractivity contribution in [3.8, 4) is 11.1 Å². The highest BCUT2D eigenvalue weighted by molar-refractivity contribution is 6.12. The van der Waals surface area contributed by atoms with Gasteiger partial charge in [0.25, 0.3) is 5.91 Å². The molecule has 1 heterocycles. The summed E-state index contributed by atoms with van der Waals surface area (Å²) < 4.78 is 5.54. The minimum Gasteiger partial charge on any atom is -0.416 e. The van der Waals surface area contributed by atoms with Gasteiger partial charge >= 0.3 is 5.63 Å². The topological polar surface area (TPSA) is 59.3 Å². The zero-order chi connectivity index (χ0) is 20.5. The summed E-state index contributed by atoms with van der Waals surface area (Å²) in [5, 5.41) is 4.05. The largest absolute Gasteiger partial charge is 0.416 e. The van der Waals surface area contributed by atoms with Gasteiger partial charge in [-0.2, -0.15) is 0 Å². The van der Waals surface area contributed by atoms with E-state index in [1.807, 2.05) is 75.4 Å². The molecule has 1 aromatic heterocycles. The molecule has 0 aliphatic rings. The third kappa shape index (κ3) is 3.45. The lowest BCUT2D eigenvalue weighted by atomic mass is 9.97. The van der Waals surface area contributed by atoms with Crippen LogP contribution in [-0.4, -0.2) is 5.91 Å². The van der Waals surface area contributed by atoms with Crippen LogP contribution in [0.5, 0.6) is 0 Å². The predicted octanol–water partition coefficient (Wildman–Crippen LogP) is 5.64. The molecule has 1 N–H and O–H groups in total. The molecule has 4 aromatic rings. The summed E-state index contributed by atoms with van der Waals surface area (Å²) in [7, 11) is 0. The maximum atomic E-state index is 13.2. The molecule has 3 aromatic carbocycles. The first-order valence-corrected chi connectivity index (χ1v) is 9.46. The molecule has 0 bridgehead atoms. The van der Waals surface area contributed by atoms with E-state index < -0.39 is 11.5 Å². The quantitative estimate of drug-likeness (QED) is 0.498. The zero-order valence-corrected chi connectivity index (χ0v) is 16.6. The van der Waals surface area contributed by atoms with E-state index in [9.17, 15) is 9.59 Å². The normalized spacial score (nSPS) is 10.9. The van der Waals surface area contributed by atoms with Gasteiger partial charge in [0.05, 0.1) is 5.39 Å². The first kappa shape index (κ1) is 18.7. The van der Waals surface area contributed by atoms with Crippen LogP contribution in [-0.2, 0) is 0 Å². The third-order valence-electron chi connectivity index (χ3n) is 5.24. The molecule has 4 heteroatoms. The number of amides is 1. The molecule has 0 atom stereocenters. The van der Waals surface area contributed by atoms with E-state index in [0.29, 0.717) is 22.0 Å². The number of carbonyl (C=O) groups excluding carboxylic acids is 1. The van der Waals surface area contributed by atoms with Crippen LogP contribution in [0.2, 0.25) is 0 Å². The molecule has 0 saturated carbocycles. The number of fused-ring (bicyclic) bond motifs is 1. The van der Waals surface area contributed by atoms with Crippen LogP contribution in [0.25, 0.3) is 21.9 Å². The van der Waals surface area contributed by atoms with Crippen LogP contribution in [0.3, 0.4) is 0 Å². The second-order valence-electron chi connectivity index (χ2n) is 7.21. The fraction of sp³-hybridized carbons (Fsp3) is 0.120. The Labute approximate surface area is 168 Å². The number of hydrogen-bond acceptors (Lipinski definition) is 3. The van der Waals surface area contributed by atoms with E-state index in [0.717, 1.165) is 22.3 Å². The Kier molecular flexibility index (Phi) is 4.77. The summed E-state index contributed by atoms with van der Waals surface area (Å²) in [4.78, 5) is 25.8. The lowest BCUT2D eigenvalue weighted by Gasteiger charge is -2.14. The fourth-order valence-electron chi connectivity index (χ4n) is 3.43. The summed E-state index contributed by atoms with van der Waals surface area (Å²) in [6.07, 6.45) is 0. The van der Waals surface area contributed by atoms with Gasteiger partial charge in [-0.05, 0) is 49.6 Å². The summed E-state index contributed by atoms with van der Waals surface area (Å²) in [5.74, 6) is -0.435. The van der Waals surface area contributed by atoms with Crippen LogP contribution in [0, 0.1) is 20.8 Å². The molecule has 0 radical (unpaired) electrons. The van der Waals surface area contributed by atoms with Crippen molar-refractivity contribution in [1.29, 1.82) is 0 Å². The van der Waals surface area contributed by atoms with Gasteiger partial charge in [0.15, 0.2) is 0 Å². The van der Waals surface area contributed by atoms with Gasteiger partial charge in [0, 0.05) is 16.6 Å². The molecular weight excluding hydrogens is 362 g/mol. The van der Waals surface area contributed by atoms with Crippen LogP contribution < -0.4 is 10.9 Å². The van der Waals surface area contributed by atoms with Gasteiger partial charge in [-0.3, -0.25) is 4.79 Å². The molecule has 0 spiro atoms. The molecule has 0 aliphatic heterocycles. The molecule has 4 nitrogen and oxygen atoms in total. The molecule has 0 saturated heterocycles. The Morgan fingerprint density at radius 3 is 2.24 bits per heavy atom. The lowest BCUT2D eigenvalue weighted by Crippen LogP contribution is -2.17. The summed E-state index contributed by atoms with van der Waals surface area (Å²) in [5.41, 5.74) is 4.76. The highest BCUT2D eigenvalue weighted by Gasteiger charge is 2.22. The van der Waals surface area contributed by atoms with E-state index in [-0.39, 0.29) is 5.76 Å². The second-order valence-corrected chi connectivity index (χ2v) is 7.21. The van der Waals surface area contributed by atoms with Crippen molar-refractivity contribution >= 4 is 22.4 Å². The Morgan fingerprint density at radius 1 is 0.828 bits per heavy atom. The van der Waals surface area contributed by atoms with Crippen molar-refractivity contribution < 1.29 is 9.21 Å². The maximum Gasteiger partial charge on any atom is 0.344 e. The number of benzene rings is 3. The lowest BCUT2D eigenvalue weighted by molar-refractivity contribution is 0.0994. The van der Waals surface area contributed by atoms with Crippen LogP contribution in [0.4, 0.5) is 5.69 Å². The average Bonchev–Trinajstić information content (AvgIpc) is 2.72. The monoisotopic (exact) mass is 383 g/mol. The maximum absolute atomic E-state index is 13.2. The van der Waals surface area contributed by atoms with Gasteiger partial charge in [-0.15, -0.1) is 0 Å². The van der Waals surface area contributed by atoms with E-state index >= 15 is 0 Å². The molecule has 1 amide bonds. The van der Waals surface area contributed by atoms with Crippen LogP contribution >= 0.6 is 0 Å². The SMILES string of the molecule is Cc1ccc(-c2c(C(=O)Nc3cccc(C)c3C)oc(=O)c3ccccc23)cc1. The smallest absolute Gasteiger partial charge is 0.344 e. The third-order valence-corrected chi connectivity index (χ3v) is 5.24. The number of aryl methyl sites for hydroxylation is 2. The number of anilines is 1. The van der Waals surface area contributed by atoms with Gasteiger partial charge in [0.1, 0.15) is 0 Å². The number of rotatable bonds is 3. The van der Waals surface area contributed by atoms with Crippen molar-refractivity contribution in [2.45, 2.75) is 20.8 Å². The summed E-state index contributed by atoms with van der Waals surface area (Å²) in [6.45, 7) is 5.93. The van der Waals surface area contributed by atoms with Gasteiger partial charge in [0.2, 0.25) is 5.76 Å². The van der Waals surface area contributed by atoms with Gasteiger partial charge < -0.3 is 9.73 Å². The van der Waals surface area contributed by atoms with Crippen molar-refractivity contribution in [3.05, 3.63) is 99.6 Å². The fourth-order valence-corrected chi connectivity index (χ4v) is 3.43. The number of hydrogen-bond donors (Lipinski definition) is 1. The Balaban J connectivity index is 1.92. The van der Waals surface area contributed by atoms with E-state index in [1.165, 1.54) is 0 Å². The minimum absolute atomic E-state index is 0.0125. The Morgan fingerprint density at radius 2 is 1.52 bits per heavy atom. The van der Waals surface area contributed by atoms with Crippen molar-refractivity contribution in [2.24, 2.45) is 0 Å². The second kappa shape index (κ2) is 7.40. The standard InChI is InChI=1S/C25H21NO3/c1-15-11-13-18(14-12-15)22-19-8-4-5-9-20(19)25(28)29-23(22)24(27)26-21-10-6-7-16(2)17(21)3/h4-14H,1-3H3,(H,26,27). The molecular formula is C25H21NO3. The highest BCUT2D eigenvalue weighted by atomic mass is 16.4. The zero-order valence-electron chi connectivity index (χ0n) is 16.6.